The molecule has 0 heterocycles. The lowest BCUT2D eigenvalue weighted by Crippen LogP contribution is -2.51. The molecule has 2 rings (SSSR count). The molecule has 0 aromatic heterocycles. The minimum atomic E-state index is -0.00882. The summed E-state index contributed by atoms with van der Waals surface area (Å²) in [7, 11) is 1.87. The van der Waals surface area contributed by atoms with Gasteiger partial charge in [-0.25, -0.2) is 0 Å². The van der Waals surface area contributed by atoms with Crippen LogP contribution >= 0.6 is 0 Å². The lowest BCUT2D eigenvalue weighted by atomic mass is 9.74. The van der Waals surface area contributed by atoms with Crippen LogP contribution in [0.1, 0.15) is 71.1 Å². The van der Waals surface area contributed by atoms with Crippen molar-refractivity contribution in [1.82, 2.24) is 0 Å². The Hall–Kier alpha value is -0.0800. The SMILES string of the molecule is COC1(C(N)CCC2CCCC2)CCC(C)CC1. The lowest BCUT2D eigenvalue weighted by Gasteiger charge is -2.42. The van der Waals surface area contributed by atoms with Gasteiger partial charge in [0.15, 0.2) is 0 Å². The van der Waals surface area contributed by atoms with Crippen LogP contribution in [0.25, 0.3) is 0 Å². The van der Waals surface area contributed by atoms with E-state index in [4.69, 9.17) is 10.5 Å². The van der Waals surface area contributed by atoms with E-state index in [0.717, 1.165) is 31.1 Å². The minimum absolute atomic E-state index is 0.00882. The van der Waals surface area contributed by atoms with Crippen molar-refractivity contribution in [3.05, 3.63) is 0 Å². The van der Waals surface area contributed by atoms with Crippen LogP contribution < -0.4 is 5.73 Å². The molecule has 2 heteroatoms. The van der Waals surface area contributed by atoms with Gasteiger partial charge in [0.2, 0.25) is 0 Å². The molecule has 18 heavy (non-hydrogen) atoms. The molecule has 0 aromatic rings. The summed E-state index contributed by atoms with van der Waals surface area (Å²) in [6.45, 7) is 2.35. The second-order valence-electron chi connectivity index (χ2n) is 6.79. The minimum Gasteiger partial charge on any atom is -0.377 e. The molecule has 1 atom stereocenters. The Morgan fingerprint density at radius 3 is 2.33 bits per heavy atom. The fraction of sp³-hybridized carbons (Fsp3) is 1.00. The monoisotopic (exact) mass is 253 g/mol. The van der Waals surface area contributed by atoms with Gasteiger partial charge in [-0.3, -0.25) is 0 Å². The van der Waals surface area contributed by atoms with Gasteiger partial charge in [-0.1, -0.05) is 32.6 Å². The number of methoxy groups -OCH3 is 1. The number of nitrogens with two attached hydrogens (primary N) is 1. The average molecular weight is 253 g/mol. The molecule has 0 bridgehead atoms. The van der Waals surface area contributed by atoms with Crippen molar-refractivity contribution < 1.29 is 4.74 Å². The number of ether oxygens (including phenoxy) is 1. The third-order valence-corrected chi connectivity index (χ3v) is 5.56. The molecule has 0 radical (unpaired) electrons. The van der Waals surface area contributed by atoms with Crippen LogP contribution in [0.3, 0.4) is 0 Å². The fourth-order valence-corrected chi connectivity index (χ4v) is 3.95. The van der Waals surface area contributed by atoms with E-state index in [2.05, 4.69) is 6.92 Å². The van der Waals surface area contributed by atoms with Gasteiger partial charge in [-0.05, 0) is 50.4 Å². The average Bonchev–Trinajstić information content (AvgIpc) is 2.90. The summed E-state index contributed by atoms with van der Waals surface area (Å²) < 4.78 is 5.88. The zero-order valence-corrected chi connectivity index (χ0v) is 12.3. The van der Waals surface area contributed by atoms with E-state index >= 15 is 0 Å². The van der Waals surface area contributed by atoms with E-state index in [1.54, 1.807) is 0 Å². The predicted octanol–water partition coefficient (Wildman–Crippen LogP) is 3.88. The fourth-order valence-electron chi connectivity index (χ4n) is 3.95. The highest BCUT2D eigenvalue weighted by atomic mass is 16.5. The van der Waals surface area contributed by atoms with Gasteiger partial charge in [0.05, 0.1) is 5.60 Å². The first-order valence-electron chi connectivity index (χ1n) is 7.97. The van der Waals surface area contributed by atoms with Crippen LogP contribution in [0.15, 0.2) is 0 Å². The van der Waals surface area contributed by atoms with Gasteiger partial charge < -0.3 is 10.5 Å². The molecule has 0 aliphatic heterocycles. The summed E-state index contributed by atoms with van der Waals surface area (Å²) >= 11 is 0. The van der Waals surface area contributed by atoms with Crippen LogP contribution in [-0.4, -0.2) is 18.8 Å². The van der Waals surface area contributed by atoms with Gasteiger partial charge in [-0.2, -0.15) is 0 Å². The van der Waals surface area contributed by atoms with Crippen molar-refractivity contribution in [2.24, 2.45) is 17.6 Å². The van der Waals surface area contributed by atoms with Gasteiger partial charge in [-0.15, -0.1) is 0 Å². The summed E-state index contributed by atoms with van der Waals surface area (Å²) in [4.78, 5) is 0. The van der Waals surface area contributed by atoms with Crippen LogP contribution in [0.4, 0.5) is 0 Å². The van der Waals surface area contributed by atoms with Crippen LogP contribution in [-0.2, 0) is 4.74 Å². The Kier molecular flexibility index (Phi) is 5.08. The molecule has 2 nitrogen and oxygen atoms in total. The summed E-state index contributed by atoms with van der Waals surface area (Å²) in [6, 6.07) is 0.246. The van der Waals surface area contributed by atoms with E-state index in [0.29, 0.717) is 0 Å². The molecule has 0 amide bonds. The van der Waals surface area contributed by atoms with Gasteiger partial charge in [0.1, 0.15) is 0 Å². The molecule has 2 N–H and O–H groups in total. The molecule has 0 spiro atoms. The molecule has 0 saturated heterocycles. The second kappa shape index (κ2) is 6.38. The van der Waals surface area contributed by atoms with Crippen LogP contribution in [0.5, 0.6) is 0 Å². The Morgan fingerprint density at radius 2 is 1.78 bits per heavy atom. The maximum Gasteiger partial charge on any atom is 0.0829 e. The largest absolute Gasteiger partial charge is 0.377 e. The first-order chi connectivity index (χ1) is 8.66. The zero-order chi connectivity index (χ0) is 13.0. The van der Waals surface area contributed by atoms with Gasteiger partial charge in [0, 0.05) is 13.2 Å². The smallest absolute Gasteiger partial charge is 0.0829 e. The van der Waals surface area contributed by atoms with Gasteiger partial charge >= 0.3 is 0 Å². The molecule has 106 valence electrons. The zero-order valence-electron chi connectivity index (χ0n) is 12.3. The molecule has 1 unspecified atom stereocenters. The summed E-state index contributed by atoms with van der Waals surface area (Å²) in [5.74, 6) is 1.81. The molecule has 0 aromatic carbocycles. The highest BCUT2D eigenvalue weighted by molar-refractivity contribution is 4.95. The molecule has 2 saturated carbocycles. The predicted molar refractivity (Wildman–Crippen MR) is 76.5 cm³/mol. The first-order valence-corrected chi connectivity index (χ1v) is 7.97. The third kappa shape index (κ3) is 3.27. The number of hydrogen-bond donors (Lipinski definition) is 1. The number of hydrogen-bond acceptors (Lipinski definition) is 2. The van der Waals surface area contributed by atoms with Crippen molar-refractivity contribution in [1.29, 1.82) is 0 Å². The van der Waals surface area contributed by atoms with E-state index in [1.807, 2.05) is 7.11 Å². The summed E-state index contributed by atoms with van der Waals surface area (Å²) in [6.07, 6.45) is 13.1. The molecular weight excluding hydrogens is 222 g/mol. The Morgan fingerprint density at radius 1 is 1.17 bits per heavy atom. The van der Waals surface area contributed by atoms with Crippen molar-refractivity contribution in [3.63, 3.8) is 0 Å². The molecule has 2 aliphatic carbocycles. The normalized spacial score (nSPS) is 35.8. The highest BCUT2D eigenvalue weighted by Gasteiger charge is 2.39. The third-order valence-electron chi connectivity index (χ3n) is 5.56. The molecule has 2 fully saturated rings. The standard InChI is InChI=1S/C16H31NO/c1-13-9-11-16(18-2,12-10-13)15(17)8-7-14-5-3-4-6-14/h13-15H,3-12,17H2,1-2H3. The quantitative estimate of drug-likeness (QED) is 0.807. The first kappa shape index (κ1) is 14.3. The van der Waals surface area contributed by atoms with Crippen molar-refractivity contribution >= 4 is 0 Å². The van der Waals surface area contributed by atoms with E-state index in [9.17, 15) is 0 Å². The van der Waals surface area contributed by atoms with E-state index < -0.39 is 0 Å². The van der Waals surface area contributed by atoms with Crippen molar-refractivity contribution in [2.75, 3.05) is 7.11 Å². The second-order valence-corrected chi connectivity index (χ2v) is 6.79. The topological polar surface area (TPSA) is 35.2 Å². The number of rotatable bonds is 5. The Bertz CT molecular complexity index is 239. The van der Waals surface area contributed by atoms with Crippen LogP contribution in [0.2, 0.25) is 0 Å². The Labute approximate surface area is 113 Å². The Balaban J connectivity index is 1.82. The maximum atomic E-state index is 6.49. The van der Waals surface area contributed by atoms with E-state index in [-0.39, 0.29) is 11.6 Å². The lowest BCUT2D eigenvalue weighted by molar-refractivity contribution is -0.0685. The maximum absolute atomic E-state index is 6.49. The van der Waals surface area contributed by atoms with Crippen molar-refractivity contribution in [2.45, 2.75) is 82.8 Å². The summed E-state index contributed by atoms with van der Waals surface area (Å²) in [5.41, 5.74) is 6.48. The highest BCUT2D eigenvalue weighted by Crippen LogP contribution is 2.38. The van der Waals surface area contributed by atoms with E-state index in [1.165, 1.54) is 44.9 Å². The summed E-state index contributed by atoms with van der Waals surface area (Å²) in [5, 5.41) is 0. The molecular formula is C16H31NO. The molecule has 2 aliphatic rings. The van der Waals surface area contributed by atoms with Crippen molar-refractivity contribution in [3.8, 4) is 0 Å². The van der Waals surface area contributed by atoms with Gasteiger partial charge in [0.25, 0.3) is 0 Å². The van der Waals surface area contributed by atoms with Crippen LogP contribution in [0, 0.1) is 11.8 Å².